The molecule has 1 fully saturated rings. The molecule has 1 aromatic carbocycles. The van der Waals surface area contributed by atoms with Crippen LogP contribution in [0, 0.1) is 0 Å². The van der Waals surface area contributed by atoms with Gasteiger partial charge in [0.1, 0.15) is 0 Å². The highest BCUT2D eigenvalue weighted by Gasteiger charge is 2.16. The normalized spacial score (nSPS) is 17.1. The van der Waals surface area contributed by atoms with Crippen molar-refractivity contribution in [1.29, 1.82) is 0 Å². The van der Waals surface area contributed by atoms with Gasteiger partial charge >= 0.3 is 0 Å². The SMILES string of the molecule is CC(=O)c1ccc(SC2CCOCC2)c(Cl)c1. The molecule has 4 heteroatoms. The van der Waals surface area contributed by atoms with Crippen LogP contribution in [0.1, 0.15) is 30.1 Å². The van der Waals surface area contributed by atoms with E-state index in [4.69, 9.17) is 16.3 Å². The first kappa shape index (κ1) is 12.9. The van der Waals surface area contributed by atoms with Crippen molar-refractivity contribution in [3.05, 3.63) is 28.8 Å². The summed E-state index contributed by atoms with van der Waals surface area (Å²) in [4.78, 5) is 12.3. The van der Waals surface area contributed by atoms with Crippen LogP contribution in [0.25, 0.3) is 0 Å². The minimum atomic E-state index is 0.0505. The summed E-state index contributed by atoms with van der Waals surface area (Å²) >= 11 is 7.98. The third-order valence-corrected chi connectivity index (χ3v) is 4.64. The monoisotopic (exact) mass is 270 g/mol. The van der Waals surface area contributed by atoms with Crippen LogP contribution in [-0.4, -0.2) is 24.2 Å². The van der Waals surface area contributed by atoms with Gasteiger partial charge in [0.2, 0.25) is 0 Å². The van der Waals surface area contributed by atoms with Crippen molar-refractivity contribution in [2.24, 2.45) is 0 Å². The number of rotatable bonds is 3. The fourth-order valence-electron chi connectivity index (χ4n) is 1.79. The molecule has 1 aliphatic heterocycles. The maximum atomic E-state index is 11.2. The number of hydrogen-bond donors (Lipinski definition) is 0. The highest BCUT2D eigenvalue weighted by molar-refractivity contribution is 8.00. The van der Waals surface area contributed by atoms with E-state index in [1.807, 2.05) is 12.1 Å². The topological polar surface area (TPSA) is 26.3 Å². The number of ketones is 1. The van der Waals surface area contributed by atoms with E-state index in [9.17, 15) is 4.79 Å². The molecule has 1 aliphatic rings. The van der Waals surface area contributed by atoms with Gasteiger partial charge in [-0.25, -0.2) is 0 Å². The summed E-state index contributed by atoms with van der Waals surface area (Å²) in [6.45, 7) is 3.22. The zero-order valence-corrected chi connectivity index (χ0v) is 11.3. The number of carbonyl (C=O) groups is 1. The Kier molecular flexibility index (Phi) is 4.48. The smallest absolute Gasteiger partial charge is 0.159 e. The minimum Gasteiger partial charge on any atom is -0.381 e. The molecule has 1 heterocycles. The standard InChI is InChI=1S/C13H15ClO2S/c1-9(15)10-2-3-13(12(14)8-10)17-11-4-6-16-7-5-11/h2-3,8,11H,4-7H2,1H3. The largest absolute Gasteiger partial charge is 0.381 e. The summed E-state index contributed by atoms with van der Waals surface area (Å²) in [5.41, 5.74) is 0.673. The van der Waals surface area contributed by atoms with Gasteiger partial charge in [-0.3, -0.25) is 4.79 Å². The van der Waals surface area contributed by atoms with Crippen LogP contribution in [0.4, 0.5) is 0 Å². The molecule has 17 heavy (non-hydrogen) atoms. The molecule has 92 valence electrons. The Hall–Kier alpha value is -0.510. The lowest BCUT2D eigenvalue weighted by Gasteiger charge is -2.21. The second-order valence-electron chi connectivity index (χ2n) is 4.13. The van der Waals surface area contributed by atoms with E-state index in [0.29, 0.717) is 15.8 Å². The fourth-order valence-corrected chi connectivity index (χ4v) is 3.21. The number of Topliss-reactive ketones (excluding diaryl/α,β-unsaturated/α-hetero) is 1. The van der Waals surface area contributed by atoms with Gasteiger partial charge in [-0.1, -0.05) is 17.7 Å². The van der Waals surface area contributed by atoms with Crippen LogP contribution in [-0.2, 0) is 4.74 Å². The second-order valence-corrected chi connectivity index (χ2v) is 5.88. The molecular weight excluding hydrogens is 256 g/mol. The summed E-state index contributed by atoms with van der Waals surface area (Å²) in [6.07, 6.45) is 2.13. The zero-order valence-electron chi connectivity index (χ0n) is 9.74. The summed E-state index contributed by atoms with van der Waals surface area (Å²) in [7, 11) is 0. The van der Waals surface area contributed by atoms with Gasteiger partial charge in [-0.15, -0.1) is 11.8 Å². The average Bonchev–Trinajstić information content (AvgIpc) is 2.33. The molecule has 0 unspecified atom stereocenters. The maximum Gasteiger partial charge on any atom is 0.159 e. The highest BCUT2D eigenvalue weighted by Crippen LogP contribution is 2.34. The number of benzene rings is 1. The summed E-state index contributed by atoms with van der Waals surface area (Å²) in [5, 5.41) is 1.25. The summed E-state index contributed by atoms with van der Waals surface area (Å²) < 4.78 is 5.33. The number of hydrogen-bond acceptors (Lipinski definition) is 3. The van der Waals surface area contributed by atoms with E-state index >= 15 is 0 Å². The number of halogens is 1. The van der Waals surface area contributed by atoms with Crippen LogP contribution < -0.4 is 0 Å². The van der Waals surface area contributed by atoms with Crippen molar-refractivity contribution in [3.8, 4) is 0 Å². The average molecular weight is 271 g/mol. The van der Waals surface area contributed by atoms with Gasteiger partial charge in [-0.2, -0.15) is 0 Å². The van der Waals surface area contributed by atoms with Crippen molar-refractivity contribution in [1.82, 2.24) is 0 Å². The zero-order chi connectivity index (χ0) is 12.3. The second kappa shape index (κ2) is 5.89. The van der Waals surface area contributed by atoms with Crippen LogP contribution in [0.2, 0.25) is 5.02 Å². The van der Waals surface area contributed by atoms with Crippen molar-refractivity contribution < 1.29 is 9.53 Å². The molecule has 2 rings (SSSR count). The third-order valence-electron chi connectivity index (χ3n) is 2.80. The van der Waals surface area contributed by atoms with E-state index in [0.717, 1.165) is 31.0 Å². The van der Waals surface area contributed by atoms with Gasteiger partial charge in [0.25, 0.3) is 0 Å². The van der Waals surface area contributed by atoms with Gasteiger partial charge in [0.05, 0.1) is 5.02 Å². The molecule has 0 amide bonds. The lowest BCUT2D eigenvalue weighted by Crippen LogP contribution is -2.17. The Morgan fingerprint density at radius 1 is 1.41 bits per heavy atom. The number of thioether (sulfide) groups is 1. The van der Waals surface area contributed by atoms with Crippen molar-refractivity contribution in [3.63, 3.8) is 0 Å². The Morgan fingerprint density at radius 3 is 2.71 bits per heavy atom. The van der Waals surface area contributed by atoms with Crippen molar-refractivity contribution in [2.75, 3.05) is 13.2 Å². The Bertz CT molecular complexity index is 414. The first-order valence-electron chi connectivity index (χ1n) is 5.71. The van der Waals surface area contributed by atoms with Crippen molar-refractivity contribution >= 4 is 29.1 Å². The van der Waals surface area contributed by atoms with Gasteiger partial charge in [-0.05, 0) is 31.9 Å². The molecule has 0 saturated carbocycles. The Morgan fingerprint density at radius 2 is 2.12 bits per heavy atom. The van der Waals surface area contributed by atoms with Crippen LogP contribution in [0.5, 0.6) is 0 Å². The lowest BCUT2D eigenvalue weighted by atomic mass is 10.1. The molecule has 2 nitrogen and oxygen atoms in total. The fraction of sp³-hybridized carbons (Fsp3) is 0.462. The molecule has 0 aliphatic carbocycles. The minimum absolute atomic E-state index is 0.0505. The molecule has 0 N–H and O–H groups in total. The molecule has 1 aromatic rings. The van der Waals surface area contributed by atoms with Crippen LogP contribution in [0.3, 0.4) is 0 Å². The van der Waals surface area contributed by atoms with Gasteiger partial charge < -0.3 is 4.74 Å². The summed E-state index contributed by atoms with van der Waals surface area (Å²) in [6, 6.07) is 5.54. The summed E-state index contributed by atoms with van der Waals surface area (Å²) in [5.74, 6) is 0.0505. The van der Waals surface area contributed by atoms with E-state index in [1.165, 1.54) is 0 Å². The Balaban J connectivity index is 2.08. The highest BCUT2D eigenvalue weighted by atomic mass is 35.5. The van der Waals surface area contributed by atoms with E-state index < -0.39 is 0 Å². The van der Waals surface area contributed by atoms with Crippen molar-refractivity contribution in [2.45, 2.75) is 29.9 Å². The van der Waals surface area contributed by atoms with Crippen LogP contribution in [0.15, 0.2) is 23.1 Å². The lowest BCUT2D eigenvalue weighted by molar-refractivity contribution is 0.1000. The number of carbonyl (C=O) groups excluding carboxylic acids is 1. The van der Waals surface area contributed by atoms with Gasteiger partial charge in [0.15, 0.2) is 5.78 Å². The molecule has 0 bridgehead atoms. The molecule has 1 saturated heterocycles. The first-order valence-corrected chi connectivity index (χ1v) is 6.97. The quantitative estimate of drug-likeness (QED) is 0.781. The molecular formula is C13H15ClO2S. The third kappa shape index (κ3) is 3.47. The van der Waals surface area contributed by atoms with Gasteiger partial charge in [0, 0.05) is 28.9 Å². The van der Waals surface area contributed by atoms with Crippen LogP contribution >= 0.6 is 23.4 Å². The first-order chi connectivity index (χ1) is 8.16. The maximum absolute atomic E-state index is 11.2. The predicted octanol–water partition coefficient (Wildman–Crippen LogP) is 3.81. The predicted molar refractivity (Wildman–Crippen MR) is 71.2 cm³/mol. The Labute approximate surface area is 111 Å². The molecule has 0 spiro atoms. The number of ether oxygens (including phenoxy) is 1. The van der Waals surface area contributed by atoms with E-state index in [2.05, 4.69) is 0 Å². The molecule has 0 aromatic heterocycles. The molecule has 0 radical (unpaired) electrons. The molecule has 0 atom stereocenters. The van der Waals surface area contributed by atoms with E-state index in [-0.39, 0.29) is 5.78 Å². The van der Waals surface area contributed by atoms with E-state index in [1.54, 1.807) is 24.8 Å².